The van der Waals surface area contributed by atoms with Gasteiger partial charge < -0.3 is 0 Å². The molecule has 0 aliphatic rings. The standard InChI is InChI=1S/C40H28N6.Pt/c1-43-25-26-44(29-43)32-17-10-18-33(27-32)45(34-19-11-20-35(28-34)46-39-24-9-8-23-38(39)41-42-46)40-36(30-13-4-2-5-14-30)21-12-22-37(40)31-15-6-3-7-16-31;/h2-26H,1H3;/q-2;. The third-order valence-corrected chi connectivity index (χ3v) is 9.52. The zero-order chi connectivity index (χ0) is 31.7. The molecule has 0 amide bonds. The van der Waals surface area contributed by atoms with Gasteiger partial charge in [0.15, 0.2) is 0 Å². The van der Waals surface area contributed by atoms with Crippen LogP contribution < -0.4 is 4.90 Å². The second-order valence-corrected chi connectivity index (χ2v) is 12.1. The van der Waals surface area contributed by atoms with E-state index in [0.717, 1.165) is 65.5 Å². The number of benzene rings is 6. The summed E-state index contributed by atoms with van der Waals surface area (Å²) < 4.78 is 7.16. The number of hydrogen-bond donors (Lipinski definition) is 0. The number of nitrogens with zero attached hydrogens (tertiary/aromatic N) is 6. The first-order valence-electron chi connectivity index (χ1n) is 15.2. The number of anilines is 3. The van der Waals surface area contributed by atoms with E-state index in [1.54, 1.807) is 0 Å². The van der Waals surface area contributed by atoms with Crippen molar-refractivity contribution in [3.8, 4) is 33.6 Å². The third kappa shape index (κ3) is 5.37. The minimum atomic E-state index is 0.794. The molecule has 8 rings (SSSR count). The molecular weight excluding hydrogens is 760 g/mol. The van der Waals surface area contributed by atoms with Crippen LogP contribution in [0.3, 0.4) is 0 Å². The Morgan fingerprint density at radius 2 is 1.17 bits per heavy atom. The van der Waals surface area contributed by atoms with Crippen LogP contribution >= 0.6 is 0 Å². The van der Waals surface area contributed by atoms with Crippen LogP contribution in [0.25, 0.3) is 44.7 Å². The van der Waals surface area contributed by atoms with Crippen molar-refractivity contribution in [3.05, 3.63) is 168 Å². The van der Waals surface area contributed by atoms with Crippen molar-refractivity contribution in [3.63, 3.8) is 0 Å². The van der Waals surface area contributed by atoms with E-state index in [-0.39, 0.29) is 0 Å². The van der Waals surface area contributed by atoms with E-state index in [0.29, 0.717) is 0 Å². The molecule has 0 bridgehead atoms. The van der Waals surface area contributed by atoms with E-state index in [2.05, 4.69) is 177 Å². The first-order valence-corrected chi connectivity index (χ1v) is 16.4. The number of para-hydroxylation sites is 2. The van der Waals surface area contributed by atoms with Crippen molar-refractivity contribution in [1.29, 1.82) is 0 Å². The Balaban J connectivity index is 1.42. The molecule has 47 heavy (non-hydrogen) atoms. The fourth-order valence-corrected chi connectivity index (χ4v) is 6.55. The molecule has 0 aliphatic heterocycles. The molecule has 8 aromatic rings. The first kappa shape index (κ1) is 28.9. The van der Waals surface area contributed by atoms with Crippen LogP contribution in [0, 0.1) is 15.9 Å². The predicted octanol–water partition coefficient (Wildman–Crippen LogP) is 9.03. The van der Waals surface area contributed by atoms with Gasteiger partial charge in [0.05, 0.1) is 0 Å². The number of aromatic nitrogens is 5. The molecule has 0 unspecified atom stereocenters. The third-order valence-electron chi connectivity index (χ3n) is 8.17. The molecule has 6 nitrogen and oxygen atoms in total. The van der Waals surface area contributed by atoms with Gasteiger partial charge >= 0.3 is 267 Å². The van der Waals surface area contributed by atoms with Gasteiger partial charge in [0.25, 0.3) is 0 Å². The van der Waals surface area contributed by atoms with Crippen molar-refractivity contribution in [1.82, 2.24) is 24.1 Å². The maximum absolute atomic E-state index is 4.51. The normalized spacial score (nSPS) is 11.2. The number of imidazole rings is 1. The van der Waals surface area contributed by atoms with Crippen LogP contribution in [0.1, 0.15) is 0 Å². The summed E-state index contributed by atoms with van der Waals surface area (Å²) in [6, 6.07) is 55.6. The zero-order valence-corrected chi connectivity index (χ0v) is 27.7. The van der Waals surface area contributed by atoms with Crippen LogP contribution in [0.2, 0.25) is 0 Å². The van der Waals surface area contributed by atoms with Crippen LogP contribution in [0.5, 0.6) is 0 Å². The molecule has 7 heteroatoms. The van der Waals surface area contributed by atoms with Gasteiger partial charge in [-0.2, -0.15) is 0 Å². The Labute approximate surface area is 283 Å². The van der Waals surface area contributed by atoms with Crippen LogP contribution in [0.4, 0.5) is 17.1 Å². The minimum absolute atomic E-state index is 0.794. The van der Waals surface area contributed by atoms with Gasteiger partial charge in [0.1, 0.15) is 0 Å². The summed E-state index contributed by atoms with van der Waals surface area (Å²) >= 11 is 2.35. The molecule has 2 aromatic heterocycles. The Hall–Kier alpha value is -5.58. The summed E-state index contributed by atoms with van der Waals surface area (Å²) in [5, 5.41) is 8.93. The Morgan fingerprint density at radius 1 is 0.596 bits per heavy atom. The van der Waals surface area contributed by atoms with E-state index in [4.69, 9.17) is 0 Å². The Morgan fingerprint density at radius 3 is 1.81 bits per heavy atom. The molecule has 0 saturated heterocycles. The van der Waals surface area contributed by atoms with E-state index < -0.39 is 0 Å². The second kappa shape index (κ2) is 12.3. The van der Waals surface area contributed by atoms with Gasteiger partial charge in [-0.3, -0.25) is 0 Å². The summed E-state index contributed by atoms with van der Waals surface area (Å²) in [5.41, 5.74) is 10.7. The molecule has 0 N–H and O–H groups in total. The maximum atomic E-state index is 4.51. The second-order valence-electron chi connectivity index (χ2n) is 11.1. The molecular formula is C40H28N6Pt-2. The van der Waals surface area contributed by atoms with Crippen LogP contribution in [-0.4, -0.2) is 24.1 Å². The van der Waals surface area contributed by atoms with Crippen molar-refractivity contribution in [2.75, 3.05) is 4.90 Å². The summed E-state index contributed by atoms with van der Waals surface area (Å²) in [6.07, 6.45) is 4.12. The van der Waals surface area contributed by atoms with Gasteiger partial charge in [-0.15, -0.1) is 0 Å². The summed E-state index contributed by atoms with van der Waals surface area (Å²) in [5.74, 6) is 0. The number of rotatable bonds is 7. The number of hydrogen-bond acceptors (Lipinski definition) is 3. The molecule has 0 atom stereocenters. The van der Waals surface area contributed by atoms with Gasteiger partial charge in [-0.25, -0.2) is 0 Å². The molecule has 0 spiro atoms. The average Bonchev–Trinajstić information content (AvgIpc) is 3.72. The topological polar surface area (TPSA) is 43.8 Å². The van der Waals surface area contributed by atoms with Crippen molar-refractivity contribution in [2.24, 2.45) is 7.05 Å². The fourth-order valence-electron chi connectivity index (χ4n) is 5.94. The SMILES string of the molecule is Cn1ccn(-c2[c-]c(N(c3[c-]c(-n4nnc5ccccc54)ccc3)c3c(-c4ccccc4)cccc3-c3ccccc3)ccc2)[c]1=[Pt]. The molecule has 0 radical (unpaired) electrons. The van der Waals surface area contributed by atoms with Crippen molar-refractivity contribution < 1.29 is 19.4 Å². The van der Waals surface area contributed by atoms with Crippen molar-refractivity contribution >= 4 is 28.1 Å². The summed E-state index contributed by atoms with van der Waals surface area (Å²) in [4.78, 5) is 2.27. The predicted molar refractivity (Wildman–Crippen MR) is 184 cm³/mol. The summed E-state index contributed by atoms with van der Waals surface area (Å²) in [7, 11) is 2.05. The molecule has 0 fully saturated rings. The molecule has 6 aromatic carbocycles. The average molecular weight is 788 g/mol. The monoisotopic (exact) mass is 787 g/mol. The quantitative estimate of drug-likeness (QED) is 0.152. The molecule has 230 valence electrons. The molecule has 2 heterocycles. The molecule has 0 aliphatic carbocycles. The van der Waals surface area contributed by atoms with Gasteiger partial charge in [0, 0.05) is 0 Å². The number of aryl methyl sites for hydroxylation is 1. The van der Waals surface area contributed by atoms with E-state index in [1.165, 1.54) is 0 Å². The van der Waals surface area contributed by atoms with E-state index >= 15 is 0 Å². The van der Waals surface area contributed by atoms with Crippen LogP contribution in [0.15, 0.2) is 152 Å². The van der Waals surface area contributed by atoms with Crippen molar-refractivity contribution in [2.45, 2.75) is 0 Å². The van der Waals surface area contributed by atoms with E-state index in [9.17, 15) is 0 Å². The van der Waals surface area contributed by atoms with Gasteiger partial charge in [-0.05, 0) is 6.07 Å². The molecule has 0 saturated carbocycles. The fraction of sp³-hybridized carbons (Fsp3) is 0.0250. The summed E-state index contributed by atoms with van der Waals surface area (Å²) in [6.45, 7) is 0. The van der Waals surface area contributed by atoms with Crippen LogP contribution in [-0.2, 0) is 26.4 Å². The van der Waals surface area contributed by atoms with Gasteiger partial charge in [0.2, 0.25) is 0 Å². The van der Waals surface area contributed by atoms with Gasteiger partial charge in [-0.1, -0.05) is 12.1 Å². The zero-order valence-electron chi connectivity index (χ0n) is 25.4. The number of fused-ring (bicyclic) bond motifs is 1. The Kier molecular flexibility index (Phi) is 7.56. The Bertz CT molecular complexity index is 2350. The first-order chi connectivity index (χ1) is 23.2. The van der Waals surface area contributed by atoms with E-state index in [1.807, 2.05) is 42.1 Å².